The second-order valence-electron chi connectivity index (χ2n) is 7.35. The third kappa shape index (κ3) is 4.63. The maximum atomic E-state index is 12.6. The number of thiophene rings is 1. The number of hydrogen-bond donors (Lipinski definition) is 1. The summed E-state index contributed by atoms with van der Waals surface area (Å²) in [6.07, 6.45) is 0. The maximum Gasteiger partial charge on any atom is 0.252 e. The third-order valence-corrected chi connectivity index (χ3v) is 8.25. The number of aryl methyl sites for hydroxylation is 1. The van der Waals surface area contributed by atoms with Gasteiger partial charge in [0, 0.05) is 31.9 Å². The highest BCUT2D eigenvalue weighted by atomic mass is 32.2. The van der Waals surface area contributed by atoms with Crippen molar-refractivity contribution in [3.05, 3.63) is 46.8 Å². The van der Waals surface area contributed by atoms with Gasteiger partial charge in [-0.05, 0) is 35.4 Å². The molecule has 2 aromatic rings. The van der Waals surface area contributed by atoms with E-state index in [0.29, 0.717) is 36.3 Å². The first kappa shape index (κ1) is 21.0. The van der Waals surface area contributed by atoms with Crippen LogP contribution in [0.2, 0.25) is 0 Å². The average molecular weight is 422 g/mol. The first-order valence-electron chi connectivity index (χ1n) is 9.44. The molecule has 0 saturated carbocycles. The Hall–Kier alpha value is -1.74. The number of carbonyl (C=O) groups is 1. The molecule has 1 amide bonds. The highest BCUT2D eigenvalue weighted by Crippen LogP contribution is 2.27. The summed E-state index contributed by atoms with van der Waals surface area (Å²) in [6, 6.07) is 9.42. The number of rotatable bonds is 6. The molecular formula is C20H27N3O3S2. The van der Waals surface area contributed by atoms with E-state index < -0.39 is 10.0 Å². The van der Waals surface area contributed by atoms with Crippen LogP contribution in [0.1, 0.15) is 30.9 Å². The largest absolute Gasteiger partial charge is 0.324 e. The van der Waals surface area contributed by atoms with E-state index in [1.54, 1.807) is 17.5 Å². The lowest BCUT2D eigenvalue weighted by Crippen LogP contribution is -2.50. The van der Waals surface area contributed by atoms with Gasteiger partial charge in [0.05, 0.1) is 6.54 Å². The van der Waals surface area contributed by atoms with Crippen molar-refractivity contribution in [3.8, 4) is 0 Å². The summed E-state index contributed by atoms with van der Waals surface area (Å²) in [4.78, 5) is 14.6. The molecule has 28 heavy (non-hydrogen) atoms. The molecule has 1 aromatic carbocycles. The summed E-state index contributed by atoms with van der Waals surface area (Å²) in [5.74, 6) is 0.256. The van der Waals surface area contributed by atoms with E-state index >= 15 is 0 Å². The SMILES string of the molecule is Cc1cccc(C(C)C)c1NC(=O)CN1CCN(S(=O)(=O)c2cccs2)CC1. The molecule has 0 bridgehead atoms. The van der Waals surface area contributed by atoms with E-state index in [1.165, 1.54) is 15.6 Å². The summed E-state index contributed by atoms with van der Waals surface area (Å²) in [5, 5.41) is 4.83. The number of hydrogen-bond acceptors (Lipinski definition) is 5. The Balaban J connectivity index is 1.58. The number of anilines is 1. The fraction of sp³-hybridized carbons (Fsp3) is 0.450. The van der Waals surface area contributed by atoms with Gasteiger partial charge in [-0.15, -0.1) is 11.3 Å². The molecule has 0 atom stereocenters. The summed E-state index contributed by atoms with van der Waals surface area (Å²) in [5.41, 5.74) is 3.06. The minimum atomic E-state index is -3.42. The number of sulfonamides is 1. The molecule has 8 heteroatoms. The first-order valence-corrected chi connectivity index (χ1v) is 11.8. The van der Waals surface area contributed by atoms with E-state index in [4.69, 9.17) is 0 Å². The van der Waals surface area contributed by atoms with Gasteiger partial charge in [0.25, 0.3) is 10.0 Å². The molecule has 1 saturated heterocycles. The van der Waals surface area contributed by atoms with Crippen LogP contribution in [-0.4, -0.2) is 56.3 Å². The van der Waals surface area contributed by atoms with E-state index in [9.17, 15) is 13.2 Å². The number of nitrogens with one attached hydrogen (secondary N) is 1. The minimum absolute atomic E-state index is 0.0641. The molecule has 1 aliphatic rings. The van der Waals surface area contributed by atoms with Gasteiger partial charge in [-0.1, -0.05) is 38.1 Å². The van der Waals surface area contributed by atoms with Gasteiger partial charge in [-0.2, -0.15) is 4.31 Å². The van der Waals surface area contributed by atoms with Crippen molar-refractivity contribution in [3.63, 3.8) is 0 Å². The smallest absolute Gasteiger partial charge is 0.252 e. The molecule has 152 valence electrons. The number of nitrogens with zero attached hydrogens (tertiary/aromatic N) is 2. The Kier molecular flexibility index (Phi) is 6.54. The van der Waals surface area contributed by atoms with Crippen molar-refractivity contribution in [1.82, 2.24) is 9.21 Å². The van der Waals surface area contributed by atoms with E-state index in [-0.39, 0.29) is 12.5 Å². The zero-order valence-electron chi connectivity index (χ0n) is 16.5. The van der Waals surface area contributed by atoms with Gasteiger partial charge in [0.15, 0.2) is 0 Å². The number of carbonyl (C=O) groups excluding carboxylic acids is 1. The van der Waals surface area contributed by atoms with Gasteiger partial charge in [-0.3, -0.25) is 9.69 Å². The zero-order chi connectivity index (χ0) is 20.3. The van der Waals surface area contributed by atoms with Crippen LogP contribution in [0.5, 0.6) is 0 Å². The standard InChI is InChI=1S/C20H27N3O3S2/c1-15(2)17-7-4-6-16(3)20(17)21-18(24)14-22-9-11-23(12-10-22)28(25,26)19-8-5-13-27-19/h4-8,13,15H,9-12,14H2,1-3H3,(H,21,24). The predicted octanol–water partition coefficient (Wildman–Crippen LogP) is 3.12. The summed E-state index contributed by atoms with van der Waals surface area (Å²) in [7, 11) is -3.42. The van der Waals surface area contributed by atoms with Gasteiger partial charge < -0.3 is 5.32 Å². The molecule has 1 aromatic heterocycles. The van der Waals surface area contributed by atoms with Crippen molar-refractivity contribution in [2.24, 2.45) is 0 Å². The second kappa shape index (κ2) is 8.73. The first-order chi connectivity index (χ1) is 13.3. The summed E-state index contributed by atoms with van der Waals surface area (Å²) < 4.78 is 27.1. The van der Waals surface area contributed by atoms with Gasteiger partial charge in [0.2, 0.25) is 5.91 Å². The van der Waals surface area contributed by atoms with Crippen LogP contribution in [-0.2, 0) is 14.8 Å². The van der Waals surface area contributed by atoms with Crippen LogP contribution in [0.3, 0.4) is 0 Å². The Morgan fingerprint density at radius 3 is 2.46 bits per heavy atom. The van der Waals surface area contributed by atoms with Gasteiger partial charge in [0.1, 0.15) is 4.21 Å². The fourth-order valence-electron chi connectivity index (χ4n) is 3.39. The maximum absolute atomic E-state index is 12.6. The number of piperazine rings is 1. The van der Waals surface area contributed by atoms with Crippen molar-refractivity contribution in [1.29, 1.82) is 0 Å². The van der Waals surface area contributed by atoms with Gasteiger partial charge in [-0.25, -0.2) is 8.42 Å². The van der Waals surface area contributed by atoms with E-state index in [0.717, 1.165) is 16.8 Å². The second-order valence-corrected chi connectivity index (χ2v) is 10.5. The van der Waals surface area contributed by atoms with Crippen LogP contribution in [0, 0.1) is 6.92 Å². The average Bonchev–Trinajstić information content (AvgIpc) is 3.19. The van der Waals surface area contributed by atoms with Crippen LogP contribution in [0.4, 0.5) is 5.69 Å². The van der Waals surface area contributed by atoms with Crippen molar-refractivity contribution in [2.45, 2.75) is 30.9 Å². The lowest BCUT2D eigenvalue weighted by Gasteiger charge is -2.33. The molecule has 0 radical (unpaired) electrons. The van der Waals surface area contributed by atoms with Crippen molar-refractivity contribution >= 4 is 33.0 Å². The minimum Gasteiger partial charge on any atom is -0.324 e. The number of amides is 1. The monoisotopic (exact) mass is 421 g/mol. The number of benzene rings is 1. The molecule has 6 nitrogen and oxygen atoms in total. The van der Waals surface area contributed by atoms with Crippen LogP contribution in [0.25, 0.3) is 0 Å². The quantitative estimate of drug-likeness (QED) is 0.778. The molecule has 1 fully saturated rings. The normalized spacial score (nSPS) is 16.4. The fourth-order valence-corrected chi connectivity index (χ4v) is 5.96. The molecular weight excluding hydrogens is 394 g/mol. The molecule has 0 aliphatic carbocycles. The van der Waals surface area contributed by atoms with Crippen LogP contribution >= 0.6 is 11.3 Å². The number of para-hydroxylation sites is 1. The van der Waals surface area contributed by atoms with Crippen molar-refractivity contribution < 1.29 is 13.2 Å². The Morgan fingerprint density at radius 2 is 1.86 bits per heavy atom. The molecule has 2 heterocycles. The molecule has 1 N–H and O–H groups in total. The Bertz CT molecular complexity index is 916. The summed E-state index contributed by atoms with van der Waals surface area (Å²) >= 11 is 1.23. The highest BCUT2D eigenvalue weighted by Gasteiger charge is 2.29. The highest BCUT2D eigenvalue weighted by molar-refractivity contribution is 7.91. The zero-order valence-corrected chi connectivity index (χ0v) is 18.1. The third-order valence-electron chi connectivity index (χ3n) is 4.98. The predicted molar refractivity (Wildman–Crippen MR) is 113 cm³/mol. The van der Waals surface area contributed by atoms with E-state index in [1.807, 2.05) is 30.0 Å². The van der Waals surface area contributed by atoms with Gasteiger partial charge >= 0.3 is 0 Å². The van der Waals surface area contributed by atoms with E-state index in [2.05, 4.69) is 19.2 Å². The topological polar surface area (TPSA) is 69.7 Å². The summed E-state index contributed by atoms with van der Waals surface area (Å²) in [6.45, 7) is 8.36. The lowest BCUT2D eigenvalue weighted by atomic mass is 9.98. The Morgan fingerprint density at radius 1 is 1.14 bits per heavy atom. The lowest BCUT2D eigenvalue weighted by molar-refractivity contribution is -0.117. The van der Waals surface area contributed by atoms with Crippen LogP contribution < -0.4 is 5.32 Å². The molecule has 3 rings (SSSR count). The van der Waals surface area contributed by atoms with Crippen LogP contribution in [0.15, 0.2) is 39.9 Å². The van der Waals surface area contributed by atoms with Crippen molar-refractivity contribution in [2.75, 3.05) is 38.0 Å². The molecule has 1 aliphatic heterocycles. The molecule has 0 spiro atoms. The Labute approximate surface area is 171 Å². The molecule has 0 unspecified atom stereocenters.